The van der Waals surface area contributed by atoms with Gasteiger partial charge >= 0.3 is 0 Å². The van der Waals surface area contributed by atoms with Crippen LogP contribution in [-0.4, -0.2) is 10.9 Å². The molecule has 0 saturated heterocycles. The monoisotopic (exact) mass is 314 g/mol. The van der Waals surface area contributed by atoms with Crippen molar-refractivity contribution in [2.75, 3.05) is 5.32 Å². The molecular formula is C12H15BrN2OS. The molecule has 0 spiro atoms. The Labute approximate surface area is 115 Å². The van der Waals surface area contributed by atoms with Gasteiger partial charge in [-0.2, -0.15) is 0 Å². The van der Waals surface area contributed by atoms with E-state index < -0.39 is 5.92 Å². The standard InChI is InChI=1S/C12H15BrN2OS/c1-2-4-10(11(14)17)12(16)15-9-6-3-5-8(13)7-9/h3,5-7,10H,2,4H2,1H3,(H2,14,17)(H,15,16). The summed E-state index contributed by atoms with van der Waals surface area (Å²) in [6.07, 6.45) is 1.54. The quantitative estimate of drug-likeness (QED) is 0.821. The lowest BCUT2D eigenvalue weighted by molar-refractivity contribution is -0.118. The van der Waals surface area contributed by atoms with Crippen molar-refractivity contribution in [2.45, 2.75) is 19.8 Å². The Bertz CT molecular complexity index is 423. The third-order valence-corrected chi connectivity index (χ3v) is 3.11. The lowest BCUT2D eigenvalue weighted by atomic mass is 10.0. The van der Waals surface area contributed by atoms with Crippen LogP contribution in [-0.2, 0) is 4.79 Å². The minimum atomic E-state index is -0.394. The van der Waals surface area contributed by atoms with Crippen LogP contribution in [0.2, 0.25) is 0 Å². The number of hydrogen-bond acceptors (Lipinski definition) is 2. The third kappa shape index (κ3) is 4.44. The summed E-state index contributed by atoms with van der Waals surface area (Å²) in [6, 6.07) is 7.41. The van der Waals surface area contributed by atoms with Gasteiger partial charge in [-0.25, -0.2) is 0 Å². The highest BCUT2D eigenvalue weighted by atomic mass is 79.9. The second kappa shape index (κ2) is 6.71. The van der Waals surface area contributed by atoms with E-state index in [0.29, 0.717) is 6.42 Å². The maximum atomic E-state index is 12.0. The summed E-state index contributed by atoms with van der Waals surface area (Å²) in [5.41, 5.74) is 6.31. The Morgan fingerprint density at radius 2 is 2.29 bits per heavy atom. The van der Waals surface area contributed by atoms with Crippen molar-refractivity contribution >= 4 is 44.7 Å². The normalized spacial score (nSPS) is 11.9. The lowest BCUT2D eigenvalue weighted by Gasteiger charge is -2.14. The molecule has 1 atom stereocenters. The molecule has 0 aliphatic carbocycles. The van der Waals surface area contributed by atoms with Gasteiger partial charge in [-0.3, -0.25) is 4.79 Å². The number of nitrogens with one attached hydrogen (secondary N) is 1. The number of anilines is 1. The van der Waals surface area contributed by atoms with Crippen molar-refractivity contribution in [2.24, 2.45) is 11.7 Å². The molecule has 1 aromatic rings. The van der Waals surface area contributed by atoms with Crippen LogP contribution in [0.1, 0.15) is 19.8 Å². The summed E-state index contributed by atoms with van der Waals surface area (Å²) < 4.78 is 0.915. The zero-order valence-electron chi connectivity index (χ0n) is 9.57. The predicted octanol–water partition coefficient (Wildman–Crippen LogP) is 3.09. The van der Waals surface area contributed by atoms with Gasteiger partial charge in [-0.1, -0.05) is 47.6 Å². The third-order valence-electron chi connectivity index (χ3n) is 2.33. The topological polar surface area (TPSA) is 55.1 Å². The predicted molar refractivity (Wildman–Crippen MR) is 78.0 cm³/mol. The van der Waals surface area contributed by atoms with E-state index >= 15 is 0 Å². The van der Waals surface area contributed by atoms with Gasteiger partial charge in [0.25, 0.3) is 0 Å². The summed E-state index contributed by atoms with van der Waals surface area (Å²) in [7, 11) is 0. The molecule has 1 unspecified atom stereocenters. The van der Waals surface area contributed by atoms with Crippen molar-refractivity contribution in [3.8, 4) is 0 Å². The SMILES string of the molecule is CCCC(C(=O)Nc1cccc(Br)c1)C(N)=S. The molecule has 0 fully saturated rings. The fourth-order valence-electron chi connectivity index (χ4n) is 1.49. The van der Waals surface area contributed by atoms with Crippen molar-refractivity contribution < 1.29 is 4.79 Å². The molecule has 0 aliphatic rings. The molecule has 0 heterocycles. The molecule has 1 aromatic carbocycles. The lowest BCUT2D eigenvalue weighted by Crippen LogP contribution is -2.33. The Hall–Kier alpha value is -0.940. The van der Waals surface area contributed by atoms with Gasteiger partial charge < -0.3 is 11.1 Å². The summed E-state index contributed by atoms with van der Waals surface area (Å²) in [4.78, 5) is 12.2. The van der Waals surface area contributed by atoms with Crippen LogP contribution in [0, 0.1) is 5.92 Å². The maximum absolute atomic E-state index is 12.0. The van der Waals surface area contributed by atoms with Crippen LogP contribution in [0.3, 0.4) is 0 Å². The zero-order valence-corrected chi connectivity index (χ0v) is 12.0. The van der Waals surface area contributed by atoms with E-state index in [1.165, 1.54) is 0 Å². The van der Waals surface area contributed by atoms with Gasteiger partial charge in [-0.15, -0.1) is 0 Å². The number of thiocarbonyl (C=S) groups is 1. The first-order valence-corrected chi connectivity index (χ1v) is 6.60. The summed E-state index contributed by atoms with van der Waals surface area (Å²) in [6.45, 7) is 2.00. The van der Waals surface area contributed by atoms with Crippen LogP contribution in [0.15, 0.2) is 28.7 Å². The molecule has 0 bridgehead atoms. The average molecular weight is 315 g/mol. The van der Waals surface area contributed by atoms with Gasteiger partial charge in [-0.05, 0) is 24.6 Å². The van der Waals surface area contributed by atoms with Gasteiger partial charge in [0.1, 0.15) is 0 Å². The molecule has 1 rings (SSSR count). The Morgan fingerprint density at radius 3 is 2.82 bits per heavy atom. The second-order valence-corrected chi connectivity index (χ2v) is 5.13. The zero-order chi connectivity index (χ0) is 12.8. The molecule has 0 aliphatic heterocycles. The van der Waals surface area contributed by atoms with Crippen LogP contribution in [0.4, 0.5) is 5.69 Å². The largest absolute Gasteiger partial charge is 0.393 e. The van der Waals surface area contributed by atoms with E-state index in [2.05, 4.69) is 21.2 Å². The molecule has 5 heteroatoms. The number of nitrogens with two attached hydrogens (primary N) is 1. The molecule has 1 amide bonds. The highest BCUT2D eigenvalue weighted by Crippen LogP contribution is 2.17. The first-order valence-electron chi connectivity index (χ1n) is 5.40. The minimum absolute atomic E-state index is 0.141. The van der Waals surface area contributed by atoms with Crippen molar-refractivity contribution in [1.29, 1.82) is 0 Å². The number of benzene rings is 1. The van der Waals surface area contributed by atoms with Gasteiger partial charge in [0.05, 0.1) is 10.9 Å². The molecular weight excluding hydrogens is 300 g/mol. The summed E-state index contributed by atoms with van der Waals surface area (Å²) in [5.74, 6) is -0.536. The molecule has 92 valence electrons. The van der Waals surface area contributed by atoms with Gasteiger partial charge in [0.2, 0.25) is 5.91 Å². The fraction of sp³-hybridized carbons (Fsp3) is 0.333. The number of carbonyl (C=O) groups is 1. The van der Waals surface area contributed by atoms with E-state index in [1.54, 1.807) is 0 Å². The average Bonchev–Trinajstić information content (AvgIpc) is 2.25. The van der Waals surface area contributed by atoms with E-state index in [1.807, 2.05) is 31.2 Å². The maximum Gasteiger partial charge on any atom is 0.234 e. The van der Waals surface area contributed by atoms with E-state index in [9.17, 15) is 4.79 Å². The van der Waals surface area contributed by atoms with E-state index in [4.69, 9.17) is 18.0 Å². The Kier molecular flexibility index (Phi) is 5.58. The molecule has 0 radical (unpaired) electrons. The van der Waals surface area contributed by atoms with Crippen molar-refractivity contribution in [3.63, 3.8) is 0 Å². The Balaban J connectivity index is 2.73. The van der Waals surface area contributed by atoms with E-state index in [-0.39, 0.29) is 10.9 Å². The number of halogens is 1. The first-order chi connectivity index (χ1) is 8.04. The van der Waals surface area contributed by atoms with E-state index in [0.717, 1.165) is 16.6 Å². The van der Waals surface area contributed by atoms with Crippen LogP contribution < -0.4 is 11.1 Å². The number of amides is 1. The van der Waals surface area contributed by atoms with Gasteiger partial charge in [0, 0.05) is 10.2 Å². The fourth-order valence-corrected chi connectivity index (χ4v) is 2.11. The number of carbonyl (C=O) groups excluding carboxylic acids is 1. The highest BCUT2D eigenvalue weighted by Gasteiger charge is 2.20. The number of rotatable bonds is 5. The van der Waals surface area contributed by atoms with Gasteiger partial charge in [0.15, 0.2) is 0 Å². The highest BCUT2D eigenvalue weighted by molar-refractivity contribution is 9.10. The van der Waals surface area contributed by atoms with Crippen molar-refractivity contribution in [3.05, 3.63) is 28.7 Å². The van der Waals surface area contributed by atoms with Crippen molar-refractivity contribution in [1.82, 2.24) is 0 Å². The molecule has 3 N–H and O–H groups in total. The van der Waals surface area contributed by atoms with Crippen LogP contribution in [0.5, 0.6) is 0 Å². The second-order valence-electron chi connectivity index (χ2n) is 3.74. The first kappa shape index (κ1) is 14.1. The molecule has 0 saturated carbocycles. The smallest absolute Gasteiger partial charge is 0.234 e. The summed E-state index contributed by atoms with van der Waals surface area (Å²) in [5, 5.41) is 2.81. The molecule has 0 aromatic heterocycles. The molecule has 3 nitrogen and oxygen atoms in total. The Morgan fingerprint density at radius 1 is 1.59 bits per heavy atom. The molecule has 17 heavy (non-hydrogen) atoms. The minimum Gasteiger partial charge on any atom is -0.393 e. The van der Waals surface area contributed by atoms with Crippen LogP contribution >= 0.6 is 28.1 Å². The number of hydrogen-bond donors (Lipinski definition) is 2. The summed E-state index contributed by atoms with van der Waals surface area (Å²) >= 11 is 8.26. The van der Waals surface area contributed by atoms with Crippen LogP contribution in [0.25, 0.3) is 0 Å².